The number of hydrogen-bond donors (Lipinski definition) is 1. The molecular weight excluding hydrogens is 372 g/mol. The Morgan fingerprint density at radius 1 is 0.966 bits per heavy atom. The minimum Gasteiger partial charge on any atom is -0.497 e. The molecule has 1 aliphatic heterocycles. The van der Waals surface area contributed by atoms with Crippen molar-refractivity contribution in [2.45, 2.75) is 0 Å². The van der Waals surface area contributed by atoms with Gasteiger partial charge in [-0.25, -0.2) is 0 Å². The Balaban J connectivity index is 1.75. The van der Waals surface area contributed by atoms with Crippen LogP contribution in [0.5, 0.6) is 11.5 Å². The van der Waals surface area contributed by atoms with Crippen molar-refractivity contribution >= 4 is 17.4 Å². The van der Waals surface area contributed by atoms with Gasteiger partial charge in [0.05, 0.1) is 25.8 Å². The summed E-state index contributed by atoms with van der Waals surface area (Å²) in [7, 11) is 3.28. The van der Waals surface area contributed by atoms with Crippen molar-refractivity contribution in [3.8, 4) is 11.5 Å². The molecule has 29 heavy (non-hydrogen) atoms. The molecule has 0 spiro atoms. The van der Waals surface area contributed by atoms with Gasteiger partial charge in [0.25, 0.3) is 11.8 Å². The highest BCUT2D eigenvalue weighted by molar-refractivity contribution is 6.35. The number of carbonyl (C=O) groups excluding carboxylic acids is 2. The molecule has 2 aromatic carbocycles. The van der Waals surface area contributed by atoms with Crippen molar-refractivity contribution in [1.29, 1.82) is 0 Å². The molecule has 0 unspecified atom stereocenters. The fraction of sp³-hybridized carbons (Fsp3) is 0.273. The molecule has 1 aliphatic rings. The third-order valence-corrected chi connectivity index (χ3v) is 4.67. The zero-order valence-corrected chi connectivity index (χ0v) is 16.5. The summed E-state index contributed by atoms with van der Waals surface area (Å²) in [4.78, 5) is 28.8. The average molecular weight is 396 g/mol. The Morgan fingerprint density at radius 2 is 1.62 bits per heavy atom. The normalized spacial score (nSPS) is 13.8. The average Bonchev–Trinajstić information content (AvgIpc) is 2.99. The van der Waals surface area contributed by atoms with Gasteiger partial charge in [-0.3, -0.25) is 14.5 Å². The molecule has 7 nitrogen and oxygen atoms in total. The first-order valence-electron chi connectivity index (χ1n) is 9.31. The number of carbonyl (C=O) groups is 2. The second-order valence-corrected chi connectivity index (χ2v) is 6.52. The van der Waals surface area contributed by atoms with E-state index < -0.39 is 0 Å². The topological polar surface area (TPSA) is 79.3 Å². The van der Waals surface area contributed by atoms with Gasteiger partial charge in [0.15, 0.2) is 0 Å². The minimum atomic E-state index is -0.386. The van der Waals surface area contributed by atoms with E-state index in [1.807, 2.05) is 18.2 Å². The highest BCUT2D eigenvalue weighted by Gasteiger charge is 2.40. The van der Waals surface area contributed by atoms with Gasteiger partial charge in [-0.05, 0) is 29.8 Å². The summed E-state index contributed by atoms with van der Waals surface area (Å²) in [5.74, 6) is 0.594. The zero-order valence-electron chi connectivity index (χ0n) is 16.5. The summed E-state index contributed by atoms with van der Waals surface area (Å²) < 4.78 is 10.8. The lowest BCUT2D eigenvalue weighted by atomic mass is 10.0. The number of benzene rings is 2. The van der Waals surface area contributed by atoms with Crippen LogP contribution in [0.1, 0.15) is 5.56 Å². The van der Waals surface area contributed by atoms with E-state index >= 15 is 0 Å². The number of imide groups is 1. The van der Waals surface area contributed by atoms with E-state index in [1.54, 1.807) is 55.5 Å². The predicted molar refractivity (Wildman–Crippen MR) is 108 cm³/mol. The van der Waals surface area contributed by atoms with Gasteiger partial charge in [0.2, 0.25) is 0 Å². The number of nitrogens with zero attached hydrogens (tertiary/aromatic N) is 2. The minimum absolute atomic E-state index is 0.121. The quantitative estimate of drug-likeness (QED) is 0.651. The first-order valence-corrected chi connectivity index (χ1v) is 9.31. The van der Waals surface area contributed by atoms with Gasteiger partial charge in [0, 0.05) is 13.6 Å². The van der Waals surface area contributed by atoms with Crippen LogP contribution in [0.2, 0.25) is 0 Å². The van der Waals surface area contributed by atoms with Gasteiger partial charge < -0.3 is 19.5 Å². The van der Waals surface area contributed by atoms with E-state index in [2.05, 4.69) is 0 Å². The van der Waals surface area contributed by atoms with Gasteiger partial charge in [-0.15, -0.1) is 0 Å². The summed E-state index contributed by atoms with van der Waals surface area (Å²) >= 11 is 0. The van der Waals surface area contributed by atoms with Crippen LogP contribution in [-0.2, 0) is 9.59 Å². The smallest absolute Gasteiger partial charge is 0.277 e. The second kappa shape index (κ2) is 9.25. The van der Waals surface area contributed by atoms with E-state index in [4.69, 9.17) is 9.47 Å². The predicted octanol–water partition coefficient (Wildman–Crippen LogP) is 1.78. The number of hydrogen-bond acceptors (Lipinski definition) is 6. The lowest BCUT2D eigenvalue weighted by molar-refractivity contribution is -0.137. The van der Waals surface area contributed by atoms with Crippen molar-refractivity contribution in [2.75, 3.05) is 40.5 Å². The maximum atomic E-state index is 13.0. The monoisotopic (exact) mass is 396 g/mol. The SMILES string of the molecule is COc1ccc(OCCN2C(=O)C(c3ccccc3)=C(N(C)CCO)C2=O)cc1. The van der Waals surface area contributed by atoms with Crippen LogP contribution in [-0.4, -0.2) is 67.2 Å². The molecule has 0 radical (unpaired) electrons. The molecule has 7 heteroatoms. The van der Waals surface area contributed by atoms with Gasteiger partial charge in [-0.2, -0.15) is 0 Å². The third kappa shape index (κ3) is 4.41. The number of ether oxygens (including phenoxy) is 2. The molecule has 2 aromatic rings. The van der Waals surface area contributed by atoms with Crippen LogP contribution in [0.15, 0.2) is 60.3 Å². The molecule has 152 valence electrons. The van der Waals surface area contributed by atoms with E-state index in [0.717, 1.165) is 5.75 Å². The van der Waals surface area contributed by atoms with Crippen molar-refractivity contribution in [2.24, 2.45) is 0 Å². The number of aliphatic hydroxyl groups excluding tert-OH is 1. The molecule has 0 bridgehead atoms. The molecule has 3 rings (SSSR count). The summed E-state index contributed by atoms with van der Waals surface area (Å²) in [6.07, 6.45) is 0. The number of likely N-dealkylation sites (N-methyl/N-ethyl adjacent to an activating group) is 1. The van der Waals surface area contributed by atoms with Crippen LogP contribution in [0.3, 0.4) is 0 Å². The lowest BCUT2D eigenvalue weighted by Crippen LogP contribution is -2.37. The van der Waals surface area contributed by atoms with E-state index in [1.165, 1.54) is 4.90 Å². The Labute approximate surface area is 169 Å². The molecule has 0 fully saturated rings. The second-order valence-electron chi connectivity index (χ2n) is 6.52. The molecule has 0 saturated carbocycles. The number of methoxy groups -OCH3 is 1. The molecular formula is C22H24N2O5. The first-order chi connectivity index (χ1) is 14.1. The van der Waals surface area contributed by atoms with Crippen LogP contribution >= 0.6 is 0 Å². The number of aliphatic hydroxyl groups is 1. The van der Waals surface area contributed by atoms with E-state index in [0.29, 0.717) is 22.6 Å². The molecule has 0 aromatic heterocycles. The summed E-state index contributed by atoms with van der Waals surface area (Å²) in [6.45, 7) is 0.421. The summed E-state index contributed by atoms with van der Waals surface area (Å²) in [6, 6.07) is 16.2. The Morgan fingerprint density at radius 3 is 2.24 bits per heavy atom. The Hall–Kier alpha value is -3.32. The summed E-state index contributed by atoms with van der Waals surface area (Å²) in [5.41, 5.74) is 1.31. The van der Waals surface area contributed by atoms with Crippen molar-refractivity contribution in [3.63, 3.8) is 0 Å². The Bertz CT molecular complexity index is 893. The standard InChI is InChI=1S/C22H24N2O5/c1-23(12-14-25)20-19(16-6-4-3-5-7-16)21(26)24(22(20)27)13-15-29-18-10-8-17(28-2)9-11-18/h3-11,25H,12-15H2,1-2H3. The van der Waals surface area contributed by atoms with Crippen LogP contribution < -0.4 is 9.47 Å². The Kier molecular flexibility index (Phi) is 6.51. The van der Waals surface area contributed by atoms with E-state index in [-0.39, 0.29) is 38.1 Å². The maximum absolute atomic E-state index is 13.0. The molecule has 0 saturated heterocycles. The van der Waals surface area contributed by atoms with Crippen molar-refractivity contribution in [3.05, 3.63) is 65.9 Å². The van der Waals surface area contributed by atoms with Crippen LogP contribution in [0.25, 0.3) is 5.57 Å². The summed E-state index contributed by atoms with van der Waals surface area (Å²) in [5, 5.41) is 9.27. The van der Waals surface area contributed by atoms with Crippen LogP contribution in [0, 0.1) is 0 Å². The largest absolute Gasteiger partial charge is 0.497 e. The first kappa shape index (κ1) is 20.4. The highest BCUT2D eigenvalue weighted by Crippen LogP contribution is 2.30. The fourth-order valence-electron chi connectivity index (χ4n) is 3.17. The van der Waals surface area contributed by atoms with Gasteiger partial charge >= 0.3 is 0 Å². The molecule has 2 amide bonds. The molecule has 1 N–H and O–H groups in total. The van der Waals surface area contributed by atoms with Crippen LogP contribution in [0.4, 0.5) is 0 Å². The van der Waals surface area contributed by atoms with E-state index in [9.17, 15) is 14.7 Å². The zero-order chi connectivity index (χ0) is 20.8. The third-order valence-electron chi connectivity index (χ3n) is 4.67. The number of amides is 2. The van der Waals surface area contributed by atoms with Gasteiger partial charge in [-0.1, -0.05) is 30.3 Å². The lowest BCUT2D eigenvalue weighted by Gasteiger charge is -2.20. The molecule has 0 aliphatic carbocycles. The van der Waals surface area contributed by atoms with Crippen molar-refractivity contribution in [1.82, 2.24) is 9.80 Å². The van der Waals surface area contributed by atoms with Crippen molar-refractivity contribution < 1.29 is 24.2 Å². The highest BCUT2D eigenvalue weighted by atomic mass is 16.5. The van der Waals surface area contributed by atoms with Gasteiger partial charge in [0.1, 0.15) is 23.8 Å². The molecule has 1 heterocycles. The maximum Gasteiger partial charge on any atom is 0.277 e. The fourth-order valence-corrected chi connectivity index (χ4v) is 3.17. The molecule has 0 atom stereocenters. The number of rotatable bonds is 9.